The van der Waals surface area contributed by atoms with Crippen molar-refractivity contribution in [1.82, 2.24) is 15.1 Å². The molecular formula is C17H29IN4OS. The zero-order chi connectivity index (χ0) is 15.9. The molecule has 2 aliphatic heterocycles. The highest BCUT2D eigenvalue weighted by atomic mass is 127. The third-order valence-electron chi connectivity index (χ3n) is 4.51. The van der Waals surface area contributed by atoms with Crippen LogP contribution in [0.3, 0.4) is 0 Å². The van der Waals surface area contributed by atoms with Gasteiger partial charge in [0.1, 0.15) is 0 Å². The Labute approximate surface area is 166 Å². The maximum atomic E-state index is 5.52. The van der Waals surface area contributed by atoms with Gasteiger partial charge in [0, 0.05) is 37.6 Å². The number of aliphatic imine (C=N–C) groups is 1. The lowest BCUT2D eigenvalue weighted by atomic mass is 10.2. The van der Waals surface area contributed by atoms with E-state index >= 15 is 0 Å². The van der Waals surface area contributed by atoms with E-state index in [0.717, 1.165) is 58.4 Å². The van der Waals surface area contributed by atoms with Gasteiger partial charge in [-0.05, 0) is 31.2 Å². The van der Waals surface area contributed by atoms with Crippen LogP contribution in [-0.4, -0.2) is 68.2 Å². The Morgan fingerprint density at radius 1 is 1.29 bits per heavy atom. The fraction of sp³-hybridized carbons (Fsp3) is 0.706. The Kier molecular flexibility index (Phi) is 8.79. The van der Waals surface area contributed by atoms with Crippen LogP contribution >= 0.6 is 35.3 Å². The number of ether oxygens (including phenoxy) is 1. The fourth-order valence-electron chi connectivity index (χ4n) is 3.28. The number of guanidine groups is 1. The van der Waals surface area contributed by atoms with Crippen molar-refractivity contribution in [2.45, 2.75) is 25.8 Å². The summed E-state index contributed by atoms with van der Waals surface area (Å²) in [6.07, 6.45) is 2.56. The van der Waals surface area contributed by atoms with Gasteiger partial charge >= 0.3 is 0 Å². The zero-order valence-corrected chi connectivity index (χ0v) is 17.6. The van der Waals surface area contributed by atoms with Crippen molar-refractivity contribution in [1.29, 1.82) is 0 Å². The molecule has 1 N–H and O–H groups in total. The molecule has 3 rings (SSSR count). The monoisotopic (exact) mass is 464 g/mol. The van der Waals surface area contributed by atoms with Gasteiger partial charge in [-0.25, -0.2) is 0 Å². The van der Waals surface area contributed by atoms with E-state index < -0.39 is 0 Å². The Bertz CT molecular complexity index is 485. The van der Waals surface area contributed by atoms with Gasteiger partial charge in [-0.3, -0.25) is 9.89 Å². The number of thiophene rings is 1. The highest BCUT2D eigenvalue weighted by Gasteiger charge is 2.24. The lowest BCUT2D eigenvalue weighted by Crippen LogP contribution is -2.42. The fourth-order valence-corrected chi connectivity index (χ4v) is 4.14. The molecule has 0 bridgehead atoms. The maximum absolute atomic E-state index is 5.52. The Balaban J connectivity index is 0.00000208. The number of morpholine rings is 1. The van der Waals surface area contributed by atoms with E-state index in [1.807, 2.05) is 11.3 Å². The second-order valence-electron chi connectivity index (χ2n) is 6.07. The van der Waals surface area contributed by atoms with Gasteiger partial charge in [-0.15, -0.1) is 35.3 Å². The van der Waals surface area contributed by atoms with E-state index in [1.54, 1.807) is 0 Å². The first kappa shape index (κ1) is 19.9. The molecule has 2 saturated heterocycles. The van der Waals surface area contributed by atoms with Crippen LogP contribution in [-0.2, 0) is 4.74 Å². The topological polar surface area (TPSA) is 40.1 Å². The molecule has 0 aliphatic carbocycles. The number of rotatable bonds is 5. The average Bonchev–Trinajstić information content (AvgIpc) is 3.29. The number of nitrogens with one attached hydrogen (secondary N) is 1. The van der Waals surface area contributed by atoms with Crippen LogP contribution in [0.25, 0.3) is 0 Å². The van der Waals surface area contributed by atoms with Gasteiger partial charge in [-0.1, -0.05) is 6.07 Å². The van der Waals surface area contributed by atoms with Crippen molar-refractivity contribution in [2.24, 2.45) is 4.99 Å². The third kappa shape index (κ3) is 5.31. The lowest BCUT2D eigenvalue weighted by Gasteiger charge is -2.33. The first-order chi connectivity index (χ1) is 11.4. The molecule has 1 unspecified atom stereocenters. The van der Waals surface area contributed by atoms with E-state index in [-0.39, 0.29) is 24.0 Å². The molecule has 136 valence electrons. The van der Waals surface area contributed by atoms with Crippen LogP contribution in [0.4, 0.5) is 0 Å². The van der Waals surface area contributed by atoms with Gasteiger partial charge in [0.2, 0.25) is 0 Å². The normalized spacial score (nSPS) is 20.7. The van der Waals surface area contributed by atoms with Crippen molar-refractivity contribution in [3.05, 3.63) is 22.4 Å². The standard InChI is InChI=1S/C17H28N4OS.HI/c1-2-18-17(21-7-3-4-8-21)19-14-15(16-6-5-13-23-16)20-9-11-22-12-10-20;/h5-6,13,15H,2-4,7-12,14H2,1H3,(H,18,19);1H. The summed E-state index contributed by atoms with van der Waals surface area (Å²) in [5.41, 5.74) is 0. The summed E-state index contributed by atoms with van der Waals surface area (Å²) in [6, 6.07) is 4.75. The van der Waals surface area contributed by atoms with Crippen molar-refractivity contribution < 1.29 is 4.74 Å². The zero-order valence-electron chi connectivity index (χ0n) is 14.4. The summed E-state index contributed by atoms with van der Waals surface area (Å²) in [7, 11) is 0. The molecule has 1 atom stereocenters. The minimum absolute atomic E-state index is 0. The molecule has 0 spiro atoms. The summed E-state index contributed by atoms with van der Waals surface area (Å²) in [4.78, 5) is 11.3. The first-order valence-corrected chi connectivity index (χ1v) is 9.65. The molecule has 7 heteroatoms. The van der Waals surface area contributed by atoms with E-state index in [9.17, 15) is 0 Å². The van der Waals surface area contributed by atoms with Crippen molar-refractivity contribution >= 4 is 41.3 Å². The van der Waals surface area contributed by atoms with Crippen molar-refractivity contribution in [3.63, 3.8) is 0 Å². The Hall–Kier alpha value is -0.380. The second-order valence-corrected chi connectivity index (χ2v) is 7.05. The van der Waals surface area contributed by atoms with Crippen LogP contribution in [0.5, 0.6) is 0 Å². The van der Waals surface area contributed by atoms with Crippen LogP contribution < -0.4 is 5.32 Å². The molecule has 5 nitrogen and oxygen atoms in total. The largest absolute Gasteiger partial charge is 0.379 e. The minimum atomic E-state index is 0. The van der Waals surface area contributed by atoms with Crippen molar-refractivity contribution in [3.8, 4) is 0 Å². The number of likely N-dealkylation sites (tertiary alicyclic amines) is 1. The lowest BCUT2D eigenvalue weighted by molar-refractivity contribution is 0.0186. The number of hydrogen-bond acceptors (Lipinski definition) is 4. The van der Waals surface area contributed by atoms with Crippen molar-refractivity contribution in [2.75, 3.05) is 52.5 Å². The molecule has 0 amide bonds. The number of hydrogen-bond donors (Lipinski definition) is 1. The minimum Gasteiger partial charge on any atom is -0.379 e. The van der Waals surface area contributed by atoms with Gasteiger partial charge in [0.15, 0.2) is 5.96 Å². The molecule has 0 aromatic carbocycles. The predicted octanol–water partition coefficient (Wildman–Crippen LogP) is 2.80. The van der Waals surface area contributed by atoms with E-state index in [4.69, 9.17) is 9.73 Å². The Morgan fingerprint density at radius 2 is 2.04 bits per heavy atom. The molecular weight excluding hydrogens is 435 g/mol. The van der Waals surface area contributed by atoms with Crippen LogP contribution in [0.1, 0.15) is 30.7 Å². The van der Waals surface area contributed by atoms with E-state index in [2.05, 4.69) is 39.6 Å². The van der Waals surface area contributed by atoms with Gasteiger partial charge in [0.25, 0.3) is 0 Å². The summed E-state index contributed by atoms with van der Waals surface area (Å²) in [6.45, 7) is 9.81. The molecule has 1 aromatic rings. The van der Waals surface area contributed by atoms with E-state index in [0.29, 0.717) is 6.04 Å². The first-order valence-electron chi connectivity index (χ1n) is 8.77. The average molecular weight is 464 g/mol. The molecule has 0 radical (unpaired) electrons. The number of halogens is 1. The molecule has 0 saturated carbocycles. The summed E-state index contributed by atoms with van der Waals surface area (Å²) in [5, 5.41) is 5.63. The molecule has 1 aromatic heterocycles. The third-order valence-corrected chi connectivity index (χ3v) is 5.49. The molecule has 2 fully saturated rings. The smallest absolute Gasteiger partial charge is 0.193 e. The van der Waals surface area contributed by atoms with E-state index in [1.165, 1.54) is 17.7 Å². The summed E-state index contributed by atoms with van der Waals surface area (Å²) in [5.74, 6) is 1.08. The molecule has 24 heavy (non-hydrogen) atoms. The van der Waals surface area contributed by atoms with Gasteiger partial charge in [0.05, 0.1) is 25.8 Å². The van der Waals surface area contributed by atoms with Crippen LogP contribution in [0.15, 0.2) is 22.5 Å². The highest BCUT2D eigenvalue weighted by Crippen LogP contribution is 2.26. The van der Waals surface area contributed by atoms with Crippen LogP contribution in [0, 0.1) is 0 Å². The molecule has 3 heterocycles. The van der Waals surface area contributed by atoms with Crippen LogP contribution in [0.2, 0.25) is 0 Å². The summed E-state index contributed by atoms with van der Waals surface area (Å²) >= 11 is 1.84. The summed E-state index contributed by atoms with van der Waals surface area (Å²) < 4.78 is 5.52. The molecule has 2 aliphatic rings. The van der Waals surface area contributed by atoms with Gasteiger partial charge in [-0.2, -0.15) is 0 Å². The van der Waals surface area contributed by atoms with Gasteiger partial charge < -0.3 is 15.0 Å². The predicted molar refractivity (Wildman–Crippen MR) is 112 cm³/mol. The number of nitrogens with zero attached hydrogens (tertiary/aromatic N) is 3. The quantitative estimate of drug-likeness (QED) is 0.414. The maximum Gasteiger partial charge on any atom is 0.193 e. The second kappa shape index (κ2) is 10.6. The Morgan fingerprint density at radius 3 is 2.67 bits per heavy atom. The highest BCUT2D eigenvalue weighted by molar-refractivity contribution is 14.0. The SMILES string of the molecule is CCNC(=NCC(c1cccs1)N1CCOCC1)N1CCCC1.I.